The SMILES string of the molecule is COc1cc(C=N)cc(OC)c1OCCNCc1ccc(C(C)(C)C)cc1. The number of methoxy groups -OCH3 is 2. The van der Waals surface area contributed by atoms with Gasteiger partial charge in [-0.1, -0.05) is 45.0 Å². The summed E-state index contributed by atoms with van der Waals surface area (Å²) in [4.78, 5) is 0. The minimum Gasteiger partial charge on any atom is -0.493 e. The van der Waals surface area contributed by atoms with Crippen LogP contribution in [0.4, 0.5) is 0 Å². The number of benzene rings is 2. The summed E-state index contributed by atoms with van der Waals surface area (Å²) >= 11 is 0. The van der Waals surface area contributed by atoms with Gasteiger partial charge in [0.25, 0.3) is 0 Å². The Balaban J connectivity index is 1.87. The van der Waals surface area contributed by atoms with Gasteiger partial charge in [-0.25, -0.2) is 0 Å². The summed E-state index contributed by atoms with van der Waals surface area (Å²) < 4.78 is 16.6. The normalized spacial score (nSPS) is 11.1. The van der Waals surface area contributed by atoms with Gasteiger partial charge in [0.05, 0.1) is 14.2 Å². The first-order valence-corrected chi connectivity index (χ1v) is 9.08. The first kappa shape index (κ1) is 20.8. The Morgan fingerprint density at radius 2 is 1.59 bits per heavy atom. The van der Waals surface area contributed by atoms with E-state index in [0.717, 1.165) is 6.54 Å². The van der Waals surface area contributed by atoms with Gasteiger partial charge in [0.1, 0.15) is 6.61 Å². The molecule has 0 saturated heterocycles. The molecule has 0 bridgehead atoms. The second-order valence-corrected chi connectivity index (χ2v) is 7.37. The summed E-state index contributed by atoms with van der Waals surface area (Å²) in [6.45, 7) is 8.61. The van der Waals surface area contributed by atoms with Crippen molar-refractivity contribution in [3.8, 4) is 17.2 Å². The van der Waals surface area contributed by atoms with E-state index in [1.165, 1.54) is 17.3 Å². The van der Waals surface area contributed by atoms with Crippen molar-refractivity contribution < 1.29 is 14.2 Å². The maximum atomic E-state index is 7.39. The van der Waals surface area contributed by atoms with Crippen LogP contribution in [0, 0.1) is 5.41 Å². The van der Waals surface area contributed by atoms with Crippen LogP contribution in [0.15, 0.2) is 36.4 Å². The van der Waals surface area contributed by atoms with Crippen LogP contribution in [-0.2, 0) is 12.0 Å². The van der Waals surface area contributed by atoms with E-state index in [4.69, 9.17) is 19.6 Å². The number of hydrogen-bond acceptors (Lipinski definition) is 5. The van der Waals surface area contributed by atoms with E-state index in [9.17, 15) is 0 Å². The van der Waals surface area contributed by atoms with Gasteiger partial charge in [-0.3, -0.25) is 0 Å². The van der Waals surface area contributed by atoms with Crippen molar-refractivity contribution in [1.29, 1.82) is 5.41 Å². The Bertz CT molecular complexity index is 724. The van der Waals surface area contributed by atoms with E-state index in [0.29, 0.717) is 36.0 Å². The summed E-state index contributed by atoms with van der Waals surface area (Å²) in [6.07, 6.45) is 1.25. The molecular weight excluding hydrogens is 340 g/mol. The van der Waals surface area contributed by atoms with E-state index in [-0.39, 0.29) is 5.41 Å². The van der Waals surface area contributed by atoms with E-state index >= 15 is 0 Å². The van der Waals surface area contributed by atoms with Crippen molar-refractivity contribution in [2.45, 2.75) is 32.7 Å². The molecule has 0 spiro atoms. The Hall–Kier alpha value is -2.53. The molecule has 146 valence electrons. The standard InChI is InChI=1S/C22H30N2O3/c1-22(2,3)18-8-6-16(7-9-18)15-24-10-11-27-21-19(25-4)12-17(14-23)13-20(21)26-5/h6-9,12-14,23-24H,10-11,15H2,1-5H3. The van der Waals surface area contributed by atoms with Gasteiger partial charge in [-0.15, -0.1) is 0 Å². The monoisotopic (exact) mass is 370 g/mol. The number of nitrogens with one attached hydrogen (secondary N) is 2. The molecule has 0 aliphatic heterocycles. The molecule has 0 radical (unpaired) electrons. The lowest BCUT2D eigenvalue weighted by atomic mass is 9.87. The molecule has 0 amide bonds. The minimum absolute atomic E-state index is 0.172. The molecule has 27 heavy (non-hydrogen) atoms. The molecule has 0 heterocycles. The van der Waals surface area contributed by atoms with Crippen LogP contribution in [0.3, 0.4) is 0 Å². The average Bonchev–Trinajstić information content (AvgIpc) is 2.67. The average molecular weight is 370 g/mol. The first-order valence-electron chi connectivity index (χ1n) is 9.08. The van der Waals surface area contributed by atoms with Crippen LogP contribution in [0.2, 0.25) is 0 Å². The van der Waals surface area contributed by atoms with Gasteiger partial charge in [0.2, 0.25) is 5.75 Å². The van der Waals surface area contributed by atoms with Crippen molar-refractivity contribution >= 4 is 6.21 Å². The van der Waals surface area contributed by atoms with E-state index < -0.39 is 0 Å². The highest BCUT2D eigenvalue weighted by molar-refractivity contribution is 5.80. The minimum atomic E-state index is 0.172. The van der Waals surface area contributed by atoms with Gasteiger partial charge in [0.15, 0.2) is 11.5 Å². The lowest BCUT2D eigenvalue weighted by molar-refractivity contribution is 0.273. The first-order chi connectivity index (χ1) is 12.9. The highest BCUT2D eigenvalue weighted by atomic mass is 16.5. The Morgan fingerprint density at radius 1 is 1.00 bits per heavy atom. The second kappa shape index (κ2) is 9.42. The molecule has 0 unspecified atom stereocenters. The summed E-state index contributed by atoms with van der Waals surface area (Å²) in [5, 5.41) is 10.8. The van der Waals surface area contributed by atoms with Gasteiger partial charge < -0.3 is 24.9 Å². The van der Waals surface area contributed by atoms with E-state index in [1.54, 1.807) is 26.4 Å². The fraction of sp³-hybridized carbons (Fsp3) is 0.409. The van der Waals surface area contributed by atoms with Crippen LogP contribution in [0.25, 0.3) is 0 Å². The molecule has 0 saturated carbocycles. The lowest BCUT2D eigenvalue weighted by Crippen LogP contribution is -2.21. The topological polar surface area (TPSA) is 63.6 Å². The van der Waals surface area contributed by atoms with Gasteiger partial charge >= 0.3 is 0 Å². The predicted octanol–water partition coefficient (Wildman–Crippen LogP) is 4.17. The fourth-order valence-electron chi connectivity index (χ4n) is 2.71. The Morgan fingerprint density at radius 3 is 2.07 bits per heavy atom. The number of ether oxygens (including phenoxy) is 3. The molecule has 2 N–H and O–H groups in total. The molecule has 0 fully saturated rings. The van der Waals surface area contributed by atoms with Gasteiger partial charge in [-0.05, 0) is 34.2 Å². The van der Waals surface area contributed by atoms with Crippen molar-refractivity contribution in [2.75, 3.05) is 27.4 Å². The van der Waals surface area contributed by atoms with Crippen LogP contribution in [0.5, 0.6) is 17.2 Å². The zero-order chi connectivity index (χ0) is 19.9. The Kier molecular flexibility index (Phi) is 7.25. The molecule has 0 atom stereocenters. The van der Waals surface area contributed by atoms with Crippen molar-refractivity contribution in [2.24, 2.45) is 0 Å². The third-order valence-electron chi connectivity index (χ3n) is 4.32. The molecule has 0 aliphatic carbocycles. The van der Waals surface area contributed by atoms with E-state index in [1.807, 2.05) is 0 Å². The van der Waals surface area contributed by atoms with Crippen LogP contribution < -0.4 is 19.5 Å². The van der Waals surface area contributed by atoms with E-state index in [2.05, 4.69) is 50.4 Å². The van der Waals surface area contributed by atoms with Gasteiger partial charge in [0, 0.05) is 19.3 Å². The number of hydrogen-bond donors (Lipinski definition) is 2. The lowest BCUT2D eigenvalue weighted by Gasteiger charge is -2.19. The molecule has 0 aromatic heterocycles. The summed E-state index contributed by atoms with van der Waals surface area (Å²) in [5.74, 6) is 1.68. The highest BCUT2D eigenvalue weighted by Gasteiger charge is 2.14. The molecule has 2 aromatic carbocycles. The molecule has 2 rings (SSSR count). The van der Waals surface area contributed by atoms with Crippen molar-refractivity contribution in [3.05, 3.63) is 53.1 Å². The molecular formula is C22H30N2O3. The summed E-state index contributed by atoms with van der Waals surface area (Å²) in [5.41, 5.74) is 3.45. The van der Waals surface area contributed by atoms with Crippen LogP contribution in [-0.4, -0.2) is 33.6 Å². The van der Waals surface area contributed by atoms with Crippen LogP contribution in [0.1, 0.15) is 37.5 Å². The quantitative estimate of drug-likeness (QED) is 0.514. The summed E-state index contributed by atoms with van der Waals surface area (Å²) in [6, 6.07) is 12.2. The Labute approximate surface area is 162 Å². The number of rotatable bonds is 9. The molecule has 2 aromatic rings. The van der Waals surface area contributed by atoms with Crippen molar-refractivity contribution in [1.82, 2.24) is 5.32 Å². The third-order valence-corrected chi connectivity index (χ3v) is 4.32. The smallest absolute Gasteiger partial charge is 0.203 e. The van der Waals surface area contributed by atoms with Gasteiger partial charge in [-0.2, -0.15) is 0 Å². The second-order valence-electron chi connectivity index (χ2n) is 7.37. The largest absolute Gasteiger partial charge is 0.493 e. The van der Waals surface area contributed by atoms with Crippen LogP contribution >= 0.6 is 0 Å². The zero-order valence-corrected chi connectivity index (χ0v) is 16.9. The maximum Gasteiger partial charge on any atom is 0.203 e. The van der Waals surface area contributed by atoms with Crippen molar-refractivity contribution in [3.63, 3.8) is 0 Å². The zero-order valence-electron chi connectivity index (χ0n) is 16.9. The third kappa shape index (κ3) is 5.73. The molecule has 5 heteroatoms. The molecule has 0 aliphatic rings. The predicted molar refractivity (Wildman–Crippen MR) is 110 cm³/mol. The maximum absolute atomic E-state index is 7.39. The fourth-order valence-corrected chi connectivity index (χ4v) is 2.71. The summed E-state index contributed by atoms with van der Waals surface area (Å²) in [7, 11) is 3.16. The highest BCUT2D eigenvalue weighted by Crippen LogP contribution is 2.38. The molecule has 5 nitrogen and oxygen atoms in total.